The molecule has 25 heavy (non-hydrogen) atoms. The molecule has 0 radical (unpaired) electrons. The molecule has 0 unspecified atom stereocenters. The molecule has 2 heterocycles. The first-order valence-electron chi connectivity index (χ1n) is 7.88. The number of carbonyl (C=O) groups excluding carboxylic acids is 1. The summed E-state index contributed by atoms with van der Waals surface area (Å²) >= 11 is 11.9. The van der Waals surface area contributed by atoms with E-state index in [0.29, 0.717) is 47.2 Å². The monoisotopic (exact) mass is 384 g/mol. The minimum Gasteiger partial charge on any atom is -0.482 e. The standard InChI is InChI=1S/C16H18Cl2N4O3/c1-11-19-20-15(25-11)9-21-4-6-22(7-5-21)16(23)10-24-14-3-2-12(17)8-13(14)18/h2-3,8H,4-7,9-10H2,1H3. The second kappa shape index (κ2) is 8.03. The van der Waals surface area contributed by atoms with Crippen molar-refractivity contribution in [3.8, 4) is 5.75 Å². The van der Waals surface area contributed by atoms with Gasteiger partial charge in [-0.3, -0.25) is 9.69 Å². The van der Waals surface area contributed by atoms with Crippen molar-refractivity contribution in [1.29, 1.82) is 0 Å². The zero-order valence-electron chi connectivity index (χ0n) is 13.7. The van der Waals surface area contributed by atoms with Gasteiger partial charge in [0.25, 0.3) is 5.91 Å². The van der Waals surface area contributed by atoms with Gasteiger partial charge in [0.2, 0.25) is 11.8 Å². The van der Waals surface area contributed by atoms with E-state index in [1.54, 1.807) is 30.0 Å². The summed E-state index contributed by atoms with van der Waals surface area (Å²) in [6, 6.07) is 4.91. The number of hydrogen-bond acceptors (Lipinski definition) is 6. The third kappa shape index (κ3) is 4.84. The maximum absolute atomic E-state index is 12.3. The van der Waals surface area contributed by atoms with Gasteiger partial charge in [-0.15, -0.1) is 10.2 Å². The lowest BCUT2D eigenvalue weighted by Crippen LogP contribution is -2.49. The SMILES string of the molecule is Cc1nnc(CN2CCN(C(=O)COc3ccc(Cl)cc3Cl)CC2)o1. The first-order chi connectivity index (χ1) is 12.0. The second-order valence-electron chi connectivity index (χ2n) is 5.74. The molecule has 1 aliphatic heterocycles. The van der Waals surface area contributed by atoms with Crippen LogP contribution in [0.3, 0.4) is 0 Å². The molecule has 0 bridgehead atoms. The van der Waals surface area contributed by atoms with Crippen LogP contribution in [-0.4, -0.2) is 58.7 Å². The largest absolute Gasteiger partial charge is 0.482 e. The van der Waals surface area contributed by atoms with Crippen molar-refractivity contribution in [2.45, 2.75) is 13.5 Å². The van der Waals surface area contributed by atoms with Crippen LogP contribution in [0.1, 0.15) is 11.8 Å². The summed E-state index contributed by atoms with van der Waals surface area (Å²) in [6.07, 6.45) is 0. The van der Waals surface area contributed by atoms with Gasteiger partial charge in [0.1, 0.15) is 5.75 Å². The zero-order chi connectivity index (χ0) is 17.8. The first kappa shape index (κ1) is 18.0. The molecule has 134 valence electrons. The minimum atomic E-state index is -0.0701. The van der Waals surface area contributed by atoms with Gasteiger partial charge in [-0.05, 0) is 18.2 Å². The molecule has 1 saturated heterocycles. The van der Waals surface area contributed by atoms with Crippen molar-refractivity contribution in [3.05, 3.63) is 40.0 Å². The molecule has 0 saturated carbocycles. The van der Waals surface area contributed by atoms with E-state index >= 15 is 0 Å². The summed E-state index contributed by atoms with van der Waals surface area (Å²) in [7, 11) is 0. The van der Waals surface area contributed by atoms with Crippen LogP contribution in [0.4, 0.5) is 0 Å². The molecule has 1 amide bonds. The molecule has 1 aromatic carbocycles. The molecule has 0 atom stereocenters. The lowest BCUT2D eigenvalue weighted by atomic mass is 10.3. The Bertz CT molecular complexity index is 745. The fourth-order valence-electron chi connectivity index (χ4n) is 2.57. The van der Waals surface area contributed by atoms with Gasteiger partial charge in [0.05, 0.1) is 11.6 Å². The van der Waals surface area contributed by atoms with E-state index < -0.39 is 0 Å². The normalized spacial score (nSPS) is 15.4. The number of halogens is 2. The highest BCUT2D eigenvalue weighted by molar-refractivity contribution is 6.35. The number of ether oxygens (including phenoxy) is 1. The van der Waals surface area contributed by atoms with Crippen molar-refractivity contribution in [2.24, 2.45) is 0 Å². The molecule has 0 spiro atoms. The summed E-state index contributed by atoms with van der Waals surface area (Å²) in [5.74, 6) is 1.53. The Morgan fingerprint density at radius 2 is 2.00 bits per heavy atom. The maximum Gasteiger partial charge on any atom is 0.260 e. The van der Waals surface area contributed by atoms with Crippen LogP contribution in [0.2, 0.25) is 10.0 Å². The van der Waals surface area contributed by atoms with Gasteiger partial charge < -0.3 is 14.1 Å². The number of aryl methyl sites for hydroxylation is 1. The number of rotatable bonds is 5. The topological polar surface area (TPSA) is 71.7 Å². The number of piperazine rings is 1. The fraction of sp³-hybridized carbons (Fsp3) is 0.438. The molecule has 3 rings (SSSR count). The molecule has 0 aliphatic carbocycles. The van der Waals surface area contributed by atoms with E-state index in [4.69, 9.17) is 32.4 Å². The van der Waals surface area contributed by atoms with E-state index in [9.17, 15) is 4.79 Å². The Labute approximate surface area is 155 Å². The van der Waals surface area contributed by atoms with Crippen LogP contribution >= 0.6 is 23.2 Å². The molecular formula is C16H18Cl2N4O3. The van der Waals surface area contributed by atoms with E-state index in [-0.39, 0.29) is 12.5 Å². The van der Waals surface area contributed by atoms with Crippen LogP contribution in [0.15, 0.2) is 22.6 Å². The number of benzene rings is 1. The molecule has 1 aliphatic rings. The summed E-state index contributed by atoms with van der Waals surface area (Å²) in [5.41, 5.74) is 0. The molecule has 0 N–H and O–H groups in total. The van der Waals surface area contributed by atoms with Crippen LogP contribution in [-0.2, 0) is 11.3 Å². The molecule has 7 nitrogen and oxygen atoms in total. The van der Waals surface area contributed by atoms with Crippen molar-refractivity contribution >= 4 is 29.1 Å². The van der Waals surface area contributed by atoms with Gasteiger partial charge >= 0.3 is 0 Å². The van der Waals surface area contributed by atoms with Crippen molar-refractivity contribution < 1.29 is 13.9 Å². The zero-order valence-corrected chi connectivity index (χ0v) is 15.3. The highest BCUT2D eigenvalue weighted by atomic mass is 35.5. The number of hydrogen-bond donors (Lipinski definition) is 0. The highest BCUT2D eigenvalue weighted by Crippen LogP contribution is 2.27. The van der Waals surface area contributed by atoms with Gasteiger partial charge in [0, 0.05) is 38.1 Å². The van der Waals surface area contributed by atoms with Gasteiger partial charge in [-0.1, -0.05) is 23.2 Å². The number of carbonyl (C=O) groups is 1. The number of nitrogens with zero attached hydrogens (tertiary/aromatic N) is 4. The summed E-state index contributed by atoms with van der Waals surface area (Å²) in [5, 5.41) is 8.72. The van der Waals surface area contributed by atoms with Crippen molar-refractivity contribution in [2.75, 3.05) is 32.8 Å². The number of amides is 1. The predicted octanol–water partition coefficient (Wildman–Crippen LogP) is 2.41. The van der Waals surface area contributed by atoms with Crippen molar-refractivity contribution in [1.82, 2.24) is 20.0 Å². The van der Waals surface area contributed by atoms with Gasteiger partial charge in [0.15, 0.2) is 6.61 Å². The molecular weight excluding hydrogens is 367 g/mol. The van der Waals surface area contributed by atoms with E-state index in [1.807, 2.05) is 0 Å². The van der Waals surface area contributed by atoms with Crippen LogP contribution in [0.5, 0.6) is 5.75 Å². The predicted molar refractivity (Wildman–Crippen MR) is 92.8 cm³/mol. The molecule has 1 aromatic heterocycles. The lowest BCUT2D eigenvalue weighted by molar-refractivity contribution is -0.135. The van der Waals surface area contributed by atoms with Gasteiger partial charge in [-0.2, -0.15) is 0 Å². The van der Waals surface area contributed by atoms with E-state index in [1.165, 1.54) is 0 Å². The third-order valence-corrected chi connectivity index (χ3v) is 4.43. The Balaban J connectivity index is 1.45. The Morgan fingerprint density at radius 1 is 1.24 bits per heavy atom. The molecule has 9 heteroatoms. The van der Waals surface area contributed by atoms with Crippen LogP contribution in [0.25, 0.3) is 0 Å². The second-order valence-corrected chi connectivity index (χ2v) is 6.58. The minimum absolute atomic E-state index is 0.0514. The summed E-state index contributed by atoms with van der Waals surface area (Å²) in [4.78, 5) is 16.2. The Morgan fingerprint density at radius 3 is 2.64 bits per heavy atom. The first-order valence-corrected chi connectivity index (χ1v) is 8.64. The van der Waals surface area contributed by atoms with E-state index in [0.717, 1.165) is 13.1 Å². The van der Waals surface area contributed by atoms with Gasteiger partial charge in [-0.25, -0.2) is 0 Å². The quantitative estimate of drug-likeness (QED) is 0.787. The molecule has 1 fully saturated rings. The lowest BCUT2D eigenvalue weighted by Gasteiger charge is -2.33. The third-order valence-electron chi connectivity index (χ3n) is 3.90. The van der Waals surface area contributed by atoms with Crippen LogP contribution in [0, 0.1) is 6.92 Å². The summed E-state index contributed by atoms with van der Waals surface area (Å²) in [6.45, 7) is 5.06. The Kier molecular flexibility index (Phi) is 5.78. The Hall–Kier alpha value is -1.83. The molecule has 2 aromatic rings. The summed E-state index contributed by atoms with van der Waals surface area (Å²) < 4.78 is 10.9. The highest BCUT2D eigenvalue weighted by Gasteiger charge is 2.22. The maximum atomic E-state index is 12.3. The average Bonchev–Trinajstić information content (AvgIpc) is 2.99. The van der Waals surface area contributed by atoms with Crippen molar-refractivity contribution in [3.63, 3.8) is 0 Å². The number of aromatic nitrogens is 2. The fourth-order valence-corrected chi connectivity index (χ4v) is 3.03. The smallest absolute Gasteiger partial charge is 0.260 e. The van der Waals surface area contributed by atoms with Crippen LogP contribution < -0.4 is 4.74 Å². The van der Waals surface area contributed by atoms with E-state index in [2.05, 4.69) is 15.1 Å². The average molecular weight is 385 g/mol.